The summed E-state index contributed by atoms with van der Waals surface area (Å²) in [4.78, 5) is 18.7. The van der Waals surface area contributed by atoms with Crippen LogP contribution in [0.4, 0.5) is 5.69 Å². The first-order valence-corrected chi connectivity index (χ1v) is 7.70. The van der Waals surface area contributed by atoms with Crippen molar-refractivity contribution in [3.05, 3.63) is 58.3 Å². The van der Waals surface area contributed by atoms with Crippen molar-refractivity contribution in [2.45, 2.75) is 25.4 Å². The number of rotatable bonds is 4. The molecule has 1 aliphatic rings. The molecule has 0 aliphatic heterocycles. The van der Waals surface area contributed by atoms with E-state index in [0.29, 0.717) is 24.0 Å². The molecule has 0 spiro atoms. The van der Waals surface area contributed by atoms with Gasteiger partial charge in [0.2, 0.25) is 0 Å². The summed E-state index contributed by atoms with van der Waals surface area (Å²) in [6.07, 6.45) is 3.65. The van der Waals surface area contributed by atoms with E-state index in [-0.39, 0.29) is 5.91 Å². The summed E-state index contributed by atoms with van der Waals surface area (Å²) in [5.41, 5.74) is 7.74. The summed E-state index contributed by atoms with van der Waals surface area (Å²) in [7, 11) is 0. The molecule has 2 aromatic rings. The van der Waals surface area contributed by atoms with Crippen molar-refractivity contribution in [1.29, 1.82) is 0 Å². The summed E-state index contributed by atoms with van der Waals surface area (Å²) in [5.74, 6) is -0.0340. The van der Waals surface area contributed by atoms with Gasteiger partial charge in [-0.15, -0.1) is 0 Å². The van der Waals surface area contributed by atoms with Crippen LogP contribution in [0, 0.1) is 0 Å². The maximum absolute atomic E-state index is 12.7. The number of carbonyl (C=O) groups excluding carboxylic acids is 1. The van der Waals surface area contributed by atoms with Gasteiger partial charge in [0.05, 0.1) is 11.9 Å². The number of nitrogens with two attached hydrogens (primary N) is 1. The van der Waals surface area contributed by atoms with Crippen molar-refractivity contribution in [2.24, 2.45) is 0 Å². The second-order valence-corrected chi connectivity index (χ2v) is 6.09. The molecule has 1 aromatic carbocycles. The van der Waals surface area contributed by atoms with E-state index < -0.39 is 0 Å². The van der Waals surface area contributed by atoms with Crippen LogP contribution < -0.4 is 5.73 Å². The fourth-order valence-electron chi connectivity index (χ4n) is 2.24. The highest BCUT2D eigenvalue weighted by atomic mass is 79.9. The standard InChI is InChI=1S/C16H16BrN3O/c17-14-4-2-1-3-11(14)10-20(13-6-7-13)16(21)15-8-5-12(18)9-19-15/h1-5,8-9,13H,6-7,10,18H2. The molecular formula is C16H16BrN3O. The number of halogens is 1. The van der Waals surface area contributed by atoms with Crippen LogP contribution in [0.15, 0.2) is 47.1 Å². The molecule has 1 amide bonds. The van der Waals surface area contributed by atoms with Gasteiger partial charge >= 0.3 is 0 Å². The molecular weight excluding hydrogens is 330 g/mol. The van der Waals surface area contributed by atoms with Crippen molar-refractivity contribution in [1.82, 2.24) is 9.88 Å². The van der Waals surface area contributed by atoms with E-state index in [2.05, 4.69) is 20.9 Å². The molecule has 0 saturated heterocycles. The number of benzene rings is 1. The minimum Gasteiger partial charge on any atom is -0.397 e. The van der Waals surface area contributed by atoms with Crippen molar-refractivity contribution < 1.29 is 4.79 Å². The zero-order valence-electron chi connectivity index (χ0n) is 11.5. The average Bonchev–Trinajstić information content (AvgIpc) is 3.31. The molecule has 1 fully saturated rings. The maximum atomic E-state index is 12.7. The molecule has 108 valence electrons. The monoisotopic (exact) mass is 345 g/mol. The van der Waals surface area contributed by atoms with E-state index in [1.165, 1.54) is 6.20 Å². The summed E-state index contributed by atoms with van der Waals surface area (Å²) in [6, 6.07) is 11.7. The molecule has 0 bridgehead atoms. The fourth-order valence-corrected chi connectivity index (χ4v) is 2.65. The highest BCUT2D eigenvalue weighted by molar-refractivity contribution is 9.10. The second kappa shape index (κ2) is 5.85. The number of nitrogens with zero attached hydrogens (tertiary/aromatic N) is 2. The van der Waals surface area contributed by atoms with Gasteiger partial charge in [-0.1, -0.05) is 34.1 Å². The Hall–Kier alpha value is -1.88. The Labute approximate surface area is 132 Å². The van der Waals surface area contributed by atoms with Crippen LogP contribution in [0.2, 0.25) is 0 Å². The zero-order chi connectivity index (χ0) is 14.8. The molecule has 3 rings (SSSR count). The Morgan fingerprint density at radius 3 is 2.67 bits per heavy atom. The van der Waals surface area contributed by atoms with Crippen LogP contribution >= 0.6 is 15.9 Å². The SMILES string of the molecule is Nc1ccc(C(=O)N(Cc2ccccc2Br)C2CC2)nc1. The van der Waals surface area contributed by atoms with Crippen molar-refractivity contribution in [3.63, 3.8) is 0 Å². The van der Waals surface area contributed by atoms with E-state index >= 15 is 0 Å². The van der Waals surface area contributed by atoms with Gasteiger partial charge in [-0.25, -0.2) is 4.98 Å². The molecule has 4 nitrogen and oxygen atoms in total. The quantitative estimate of drug-likeness (QED) is 0.925. The third-order valence-corrected chi connectivity index (χ3v) is 4.33. The Kier molecular flexibility index (Phi) is 3.92. The van der Waals surface area contributed by atoms with E-state index in [1.54, 1.807) is 12.1 Å². The minimum absolute atomic E-state index is 0.0340. The Balaban J connectivity index is 1.83. The lowest BCUT2D eigenvalue weighted by Gasteiger charge is -2.22. The highest BCUT2D eigenvalue weighted by Gasteiger charge is 2.33. The third-order valence-electron chi connectivity index (χ3n) is 3.55. The van der Waals surface area contributed by atoms with Crippen molar-refractivity contribution in [2.75, 3.05) is 5.73 Å². The third kappa shape index (κ3) is 3.24. The number of pyridine rings is 1. The van der Waals surface area contributed by atoms with Gasteiger partial charge in [0, 0.05) is 17.1 Å². The Morgan fingerprint density at radius 2 is 2.05 bits per heavy atom. The number of amides is 1. The predicted octanol–water partition coefficient (Wildman–Crippen LogP) is 3.23. The molecule has 1 aliphatic carbocycles. The first-order valence-electron chi connectivity index (χ1n) is 6.91. The van der Waals surface area contributed by atoms with Crippen molar-refractivity contribution >= 4 is 27.5 Å². The number of anilines is 1. The van der Waals surface area contributed by atoms with Crippen molar-refractivity contribution in [3.8, 4) is 0 Å². The maximum Gasteiger partial charge on any atom is 0.272 e. The van der Waals surface area contributed by atoms with Gasteiger partial charge in [-0.3, -0.25) is 4.79 Å². The lowest BCUT2D eigenvalue weighted by atomic mass is 10.2. The van der Waals surface area contributed by atoms with Gasteiger partial charge < -0.3 is 10.6 Å². The molecule has 1 aromatic heterocycles. The molecule has 0 atom stereocenters. The Bertz CT molecular complexity index is 653. The summed E-state index contributed by atoms with van der Waals surface area (Å²) < 4.78 is 1.02. The predicted molar refractivity (Wildman–Crippen MR) is 85.7 cm³/mol. The number of carbonyl (C=O) groups is 1. The largest absolute Gasteiger partial charge is 0.397 e. The topological polar surface area (TPSA) is 59.2 Å². The number of aromatic nitrogens is 1. The van der Waals surface area contributed by atoms with Crippen LogP contribution in [0.5, 0.6) is 0 Å². The normalized spacial score (nSPS) is 14.0. The highest BCUT2D eigenvalue weighted by Crippen LogP contribution is 2.31. The van der Waals surface area contributed by atoms with E-state index in [4.69, 9.17) is 5.73 Å². The number of hydrogen-bond donors (Lipinski definition) is 1. The average molecular weight is 346 g/mol. The van der Waals surface area contributed by atoms with Crippen LogP contribution in [-0.2, 0) is 6.54 Å². The van der Waals surface area contributed by atoms with E-state index in [9.17, 15) is 4.79 Å². The van der Waals surface area contributed by atoms with Gasteiger partial charge in [0.1, 0.15) is 5.69 Å². The number of nitrogen functional groups attached to an aromatic ring is 1. The van der Waals surface area contributed by atoms with Gasteiger partial charge in [0.25, 0.3) is 5.91 Å². The van der Waals surface area contributed by atoms with Gasteiger partial charge in [-0.05, 0) is 36.6 Å². The lowest BCUT2D eigenvalue weighted by molar-refractivity contribution is 0.0723. The smallest absolute Gasteiger partial charge is 0.272 e. The van der Waals surface area contributed by atoms with E-state index in [0.717, 1.165) is 22.9 Å². The zero-order valence-corrected chi connectivity index (χ0v) is 13.1. The summed E-state index contributed by atoms with van der Waals surface area (Å²) in [5, 5.41) is 0. The summed E-state index contributed by atoms with van der Waals surface area (Å²) in [6.45, 7) is 0.594. The fraction of sp³-hybridized carbons (Fsp3) is 0.250. The summed E-state index contributed by atoms with van der Waals surface area (Å²) >= 11 is 3.54. The second-order valence-electron chi connectivity index (χ2n) is 5.23. The van der Waals surface area contributed by atoms with Gasteiger partial charge in [0.15, 0.2) is 0 Å². The van der Waals surface area contributed by atoms with Crippen LogP contribution in [0.25, 0.3) is 0 Å². The Morgan fingerprint density at radius 1 is 1.29 bits per heavy atom. The molecule has 1 heterocycles. The first kappa shape index (κ1) is 14.1. The molecule has 1 saturated carbocycles. The number of hydrogen-bond acceptors (Lipinski definition) is 3. The minimum atomic E-state index is -0.0340. The molecule has 0 radical (unpaired) electrons. The molecule has 5 heteroatoms. The first-order chi connectivity index (χ1) is 10.1. The molecule has 21 heavy (non-hydrogen) atoms. The molecule has 2 N–H and O–H groups in total. The lowest BCUT2D eigenvalue weighted by Crippen LogP contribution is -2.33. The van der Waals surface area contributed by atoms with Gasteiger partial charge in [-0.2, -0.15) is 0 Å². The van der Waals surface area contributed by atoms with E-state index in [1.807, 2.05) is 29.2 Å². The van der Waals surface area contributed by atoms with Crippen LogP contribution in [-0.4, -0.2) is 21.8 Å². The molecule has 0 unspecified atom stereocenters. The van der Waals surface area contributed by atoms with Crippen LogP contribution in [0.1, 0.15) is 28.9 Å². The van der Waals surface area contributed by atoms with Crippen LogP contribution in [0.3, 0.4) is 0 Å².